The number of thioether (sulfide) groups is 1. The van der Waals surface area contributed by atoms with Gasteiger partial charge < -0.3 is 5.32 Å². The smallest absolute Gasteiger partial charge is 0.287 e. The monoisotopic (exact) mass is 379 g/mol. The van der Waals surface area contributed by atoms with Crippen molar-refractivity contribution in [1.29, 1.82) is 0 Å². The van der Waals surface area contributed by atoms with Crippen molar-refractivity contribution in [1.82, 2.24) is 9.55 Å². The first-order chi connectivity index (χ1) is 12.9. The summed E-state index contributed by atoms with van der Waals surface area (Å²) in [4.78, 5) is 29.1. The van der Waals surface area contributed by atoms with E-state index in [1.54, 1.807) is 17.0 Å². The molecule has 138 valence electrons. The maximum absolute atomic E-state index is 12.8. The minimum absolute atomic E-state index is 0.118. The summed E-state index contributed by atoms with van der Waals surface area (Å²) in [6, 6.07) is 13.6. The van der Waals surface area contributed by atoms with Gasteiger partial charge in [0.05, 0.1) is 5.75 Å². The van der Waals surface area contributed by atoms with Gasteiger partial charge in [0, 0.05) is 23.8 Å². The number of hydrogen-bond acceptors (Lipinski definition) is 4. The van der Waals surface area contributed by atoms with Gasteiger partial charge in [-0.1, -0.05) is 30.0 Å². The summed E-state index contributed by atoms with van der Waals surface area (Å²) < 4.78 is 1.56. The summed E-state index contributed by atoms with van der Waals surface area (Å²) in [6.07, 6.45) is 3.23. The number of carbonyl (C=O) groups excluding carboxylic acids is 1. The number of nitrogens with one attached hydrogen (secondary N) is 1. The van der Waals surface area contributed by atoms with Gasteiger partial charge in [-0.25, -0.2) is 4.98 Å². The second kappa shape index (κ2) is 8.22. The predicted octanol–water partition coefficient (Wildman–Crippen LogP) is 3.89. The molecule has 3 aromatic rings. The van der Waals surface area contributed by atoms with E-state index >= 15 is 0 Å². The summed E-state index contributed by atoms with van der Waals surface area (Å²) in [5, 5.41) is 3.14. The maximum atomic E-state index is 12.8. The lowest BCUT2D eigenvalue weighted by Crippen LogP contribution is -2.22. The molecule has 5 nitrogen and oxygen atoms in total. The van der Waals surface area contributed by atoms with E-state index in [9.17, 15) is 9.59 Å². The fraction of sp³-hybridized carbons (Fsp3) is 0.190. The highest BCUT2D eigenvalue weighted by atomic mass is 32.2. The molecular formula is C21H21N3O2S. The minimum atomic E-state index is -0.226. The molecule has 2 aromatic carbocycles. The summed E-state index contributed by atoms with van der Waals surface area (Å²) in [5.41, 5.74) is 4.55. The van der Waals surface area contributed by atoms with Crippen LogP contribution < -0.4 is 10.9 Å². The Balaban J connectivity index is 1.74. The molecule has 1 N–H and O–H groups in total. The van der Waals surface area contributed by atoms with Gasteiger partial charge in [-0.2, -0.15) is 0 Å². The Morgan fingerprint density at radius 3 is 2.52 bits per heavy atom. The average molecular weight is 379 g/mol. The quantitative estimate of drug-likeness (QED) is 0.683. The van der Waals surface area contributed by atoms with E-state index in [-0.39, 0.29) is 17.2 Å². The Labute approximate surface area is 162 Å². The van der Waals surface area contributed by atoms with Crippen LogP contribution in [0.4, 0.5) is 5.69 Å². The van der Waals surface area contributed by atoms with Crippen molar-refractivity contribution in [3.63, 3.8) is 0 Å². The Hall–Kier alpha value is -2.86. The molecule has 0 aliphatic heterocycles. The first-order valence-corrected chi connectivity index (χ1v) is 9.56. The van der Waals surface area contributed by atoms with E-state index in [0.717, 1.165) is 39.8 Å². The van der Waals surface area contributed by atoms with Crippen LogP contribution in [-0.2, 0) is 4.79 Å². The lowest BCUT2D eigenvalue weighted by molar-refractivity contribution is -0.113. The highest BCUT2D eigenvalue weighted by Crippen LogP contribution is 2.16. The highest BCUT2D eigenvalue weighted by Gasteiger charge is 2.11. The van der Waals surface area contributed by atoms with Crippen LogP contribution in [0.2, 0.25) is 0 Å². The third-order valence-corrected chi connectivity index (χ3v) is 4.90. The van der Waals surface area contributed by atoms with Crippen molar-refractivity contribution in [3.8, 4) is 5.69 Å². The van der Waals surface area contributed by atoms with Crippen LogP contribution in [0.5, 0.6) is 0 Å². The average Bonchev–Trinajstić information content (AvgIpc) is 2.60. The number of aryl methyl sites for hydroxylation is 3. The Kier molecular flexibility index (Phi) is 5.76. The van der Waals surface area contributed by atoms with Gasteiger partial charge in [0.15, 0.2) is 5.03 Å². The normalized spacial score (nSPS) is 10.6. The fourth-order valence-electron chi connectivity index (χ4n) is 2.84. The molecule has 1 heterocycles. The van der Waals surface area contributed by atoms with Gasteiger partial charge in [-0.15, -0.1) is 0 Å². The first kappa shape index (κ1) is 18.9. The van der Waals surface area contributed by atoms with E-state index in [1.165, 1.54) is 0 Å². The molecule has 0 saturated heterocycles. The van der Waals surface area contributed by atoms with Gasteiger partial charge in [-0.3, -0.25) is 14.2 Å². The largest absolute Gasteiger partial charge is 0.325 e. The van der Waals surface area contributed by atoms with Gasteiger partial charge in [-0.05, 0) is 61.7 Å². The second-order valence-electron chi connectivity index (χ2n) is 6.46. The summed E-state index contributed by atoms with van der Waals surface area (Å²) in [6.45, 7) is 5.95. The van der Waals surface area contributed by atoms with Crippen LogP contribution in [0.3, 0.4) is 0 Å². The second-order valence-corrected chi connectivity index (χ2v) is 7.42. The zero-order valence-corrected chi connectivity index (χ0v) is 16.3. The molecule has 0 saturated carbocycles. The van der Waals surface area contributed by atoms with Crippen molar-refractivity contribution in [3.05, 3.63) is 81.9 Å². The van der Waals surface area contributed by atoms with E-state index < -0.39 is 0 Å². The van der Waals surface area contributed by atoms with Crippen LogP contribution in [0.25, 0.3) is 5.69 Å². The van der Waals surface area contributed by atoms with E-state index in [4.69, 9.17) is 0 Å². The molecular weight excluding hydrogens is 358 g/mol. The van der Waals surface area contributed by atoms with E-state index in [2.05, 4.69) is 16.4 Å². The lowest BCUT2D eigenvalue weighted by atomic mass is 10.1. The minimum Gasteiger partial charge on any atom is -0.325 e. The third kappa shape index (κ3) is 4.86. The molecule has 3 rings (SSSR count). The summed E-state index contributed by atoms with van der Waals surface area (Å²) >= 11 is 1.14. The third-order valence-electron chi connectivity index (χ3n) is 3.94. The zero-order valence-electron chi connectivity index (χ0n) is 15.5. The van der Waals surface area contributed by atoms with Gasteiger partial charge in [0.2, 0.25) is 5.91 Å². The number of carbonyl (C=O) groups is 1. The number of anilines is 1. The molecule has 27 heavy (non-hydrogen) atoms. The number of rotatable bonds is 5. The molecule has 0 spiro atoms. The molecule has 6 heteroatoms. The Bertz CT molecular complexity index is 1020. The predicted molar refractivity (Wildman–Crippen MR) is 110 cm³/mol. The Morgan fingerprint density at radius 1 is 1.07 bits per heavy atom. The molecule has 0 bridgehead atoms. The molecule has 1 aromatic heterocycles. The molecule has 0 aliphatic carbocycles. The van der Waals surface area contributed by atoms with Crippen LogP contribution in [0, 0.1) is 20.8 Å². The Morgan fingerprint density at radius 2 is 1.81 bits per heavy atom. The van der Waals surface area contributed by atoms with Crippen LogP contribution >= 0.6 is 11.8 Å². The van der Waals surface area contributed by atoms with E-state index in [1.807, 2.05) is 57.2 Å². The van der Waals surface area contributed by atoms with Crippen molar-refractivity contribution in [2.45, 2.75) is 25.8 Å². The summed E-state index contributed by atoms with van der Waals surface area (Å²) in [7, 11) is 0. The molecule has 0 atom stereocenters. The van der Waals surface area contributed by atoms with Gasteiger partial charge in [0.1, 0.15) is 0 Å². The fourth-order valence-corrected chi connectivity index (χ4v) is 3.54. The van der Waals surface area contributed by atoms with E-state index in [0.29, 0.717) is 5.03 Å². The topological polar surface area (TPSA) is 64.0 Å². The number of hydrogen-bond donors (Lipinski definition) is 1. The maximum Gasteiger partial charge on any atom is 0.287 e. The first-order valence-electron chi connectivity index (χ1n) is 8.58. The van der Waals surface area contributed by atoms with Gasteiger partial charge >= 0.3 is 0 Å². The number of benzene rings is 2. The van der Waals surface area contributed by atoms with Crippen LogP contribution in [0.15, 0.2) is 64.7 Å². The molecule has 0 unspecified atom stereocenters. The number of nitrogens with zero attached hydrogens (tertiary/aromatic N) is 2. The summed E-state index contributed by atoms with van der Waals surface area (Å²) in [5.74, 6) is -0.0545. The standard InChI is InChI=1S/C21H21N3O2S/c1-14-5-4-6-17(10-14)23-19(25)13-27-20-21(26)24(8-7-22-20)18-11-15(2)9-16(3)12-18/h4-12H,13H2,1-3H3,(H,23,25). The molecule has 0 radical (unpaired) electrons. The van der Waals surface area contributed by atoms with Crippen LogP contribution in [0.1, 0.15) is 16.7 Å². The molecule has 1 amide bonds. The van der Waals surface area contributed by atoms with Crippen molar-refractivity contribution >= 4 is 23.4 Å². The molecule has 0 fully saturated rings. The van der Waals surface area contributed by atoms with Gasteiger partial charge in [0.25, 0.3) is 5.56 Å². The number of aromatic nitrogens is 2. The highest BCUT2D eigenvalue weighted by molar-refractivity contribution is 7.99. The lowest BCUT2D eigenvalue weighted by Gasteiger charge is -2.09. The van der Waals surface area contributed by atoms with Crippen molar-refractivity contribution in [2.24, 2.45) is 0 Å². The van der Waals surface area contributed by atoms with Crippen LogP contribution in [-0.4, -0.2) is 21.2 Å². The SMILES string of the molecule is Cc1cccc(NC(=O)CSc2nccn(-c3cc(C)cc(C)c3)c2=O)c1. The zero-order chi connectivity index (χ0) is 19.4. The van der Waals surface area contributed by atoms with Crippen molar-refractivity contribution < 1.29 is 4.79 Å². The number of amides is 1. The van der Waals surface area contributed by atoms with Crippen molar-refractivity contribution in [2.75, 3.05) is 11.1 Å². The molecule has 0 aliphatic rings.